The Bertz CT molecular complexity index is 659. The highest BCUT2D eigenvalue weighted by Crippen LogP contribution is 2.20. The zero-order valence-electron chi connectivity index (χ0n) is 11.1. The molecule has 0 radical (unpaired) electrons. The van der Waals surface area contributed by atoms with Crippen molar-refractivity contribution in [2.45, 2.75) is 19.5 Å². The standard InChI is InChI=1S/C12H12ClN5O3/c1-8(7-17-4-2-3-15-17)16-12(19)9-5-11(13)14-6-10(9)18(20)21/h2-6,8H,7H2,1H3,(H,16,19). The molecule has 0 aromatic carbocycles. The highest BCUT2D eigenvalue weighted by atomic mass is 35.5. The lowest BCUT2D eigenvalue weighted by Gasteiger charge is -2.14. The van der Waals surface area contributed by atoms with Gasteiger partial charge in [0, 0.05) is 18.4 Å². The van der Waals surface area contributed by atoms with Crippen LogP contribution >= 0.6 is 11.6 Å². The first-order valence-corrected chi connectivity index (χ1v) is 6.43. The number of hydrogen-bond donors (Lipinski definition) is 1. The van der Waals surface area contributed by atoms with Crippen molar-refractivity contribution in [3.05, 3.63) is 51.6 Å². The predicted molar refractivity (Wildman–Crippen MR) is 75.1 cm³/mol. The molecule has 9 heteroatoms. The monoisotopic (exact) mass is 309 g/mol. The maximum atomic E-state index is 12.1. The number of nitro groups is 1. The lowest BCUT2D eigenvalue weighted by Crippen LogP contribution is -2.36. The van der Waals surface area contributed by atoms with E-state index in [4.69, 9.17) is 11.6 Å². The Hall–Kier alpha value is -2.48. The summed E-state index contributed by atoms with van der Waals surface area (Å²) in [7, 11) is 0. The van der Waals surface area contributed by atoms with Gasteiger partial charge in [-0.2, -0.15) is 5.10 Å². The van der Waals surface area contributed by atoms with Crippen LogP contribution in [0.15, 0.2) is 30.7 Å². The molecule has 2 aromatic rings. The van der Waals surface area contributed by atoms with Crippen molar-refractivity contribution in [3.8, 4) is 0 Å². The summed E-state index contributed by atoms with van der Waals surface area (Å²) in [6, 6.07) is 2.68. The molecule has 0 saturated heterocycles. The minimum atomic E-state index is -0.670. The van der Waals surface area contributed by atoms with Crippen LogP contribution in [0, 0.1) is 10.1 Å². The number of rotatable bonds is 5. The summed E-state index contributed by atoms with van der Waals surface area (Å²) in [5.41, 5.74) is -0.504. The van der Waals surface area contributed by atoms with Crippen LogP contribution in [0.4, 0.5) is 5.69 Å². The molecule has 0 spiro atoms. The summed E-state index contributed by atoms with van der Waals surface area (Å²) in [5, 5.41) is 17.6. The summed E-state index contributed by atoms with van der Waals surface area (Å²) in [6.07, 6.45) is 4.35. The molecule has 110 valence electrons. The van der Waals surface area contributed by atoms with Crippen molar-refractivity contribution in [1.29, 1.82) is 0 Å². The van der Waals surface area contributed by atoms with E-state index in [1.54, 1.807) is 30.1 Å². The molecule has 1 amide bonds. The van der Waals surface area contributed by atoms with Gasteiger partial charge < -0.3 is 5.32 Å². The van der Waals surface area contributed by atoms with Crippen LogP contribution in [0.5, 0.6) is 0 Å². The van der Waals surface area contributed by atoms with Crippen LogP contribution in [-0.2, 0) is 6.54 Å². The van der Waals surface area contributed by atoms with Gasteiger partial charge in [-0.15, -0.1) is 0 Å². The number of carbonyl (C=O) groups is 1. The van der Waals surface area contributed by atoms with E-state index in [1.807, 2.05) is 0 Å². The maximum absolute atomic E-state index is 12.1. The minimum absolute atomic E-state index is 0.0190. The highest BCUT2D eigenvalue weighted by molar-refractivity contribution is 6.29. The zero-order valence-corrected chi connectivity index (χ0v) is 11.8. The molecule has 1 unspecified atom stereocenters. The Kier molecular flexibility index (Phi) is 4.49. The average Bonchev–Trinajstić information content (AvgIpc) is 2.90. The van der Waals surface area contributed by atoms with Gasteiger partial charge in [0.15, 0.2) is 0 Å². The van der Waals surface area contributed by atoms with E-state index in [9.17, 15) is 14.9 Å². The first kappa shape index (κ1) is 14.9. The fraction of sp³-hybridized carbons (Fsp3) is 0.250. The molecule has 2 rings (SSSR count). The summed E-state index contributed by atoms with van der Waals surface area (Å²) < 4.78 is 1.65. The van der Waals surface area contributed by atoms with Crippen LogP contribution in [0.25, 0.3) is 0 Å². The van der Waals surface area contributed by atoms with Gasteiger partial charge in [-0.1, -0.05) is 11.6 Å². The van der Waals surface area contributed by atoms with Crippen molar-refractivity contribution >= 4 is 23.2 Å². The van der Waals surface area contributed by atoms with Crippen LogP contribution in [0.3, 0.4) is 0 Å². The molecule has 0 bridgehead atoms. The van der Waals surface area contributed by atoms with E-state index in [0.717, 1.165) is 6.20 Å². The van der Waals surface area contributed by atoms with E-state index >= 15 is 0 Å². The lowest BCUT2D eigenvalue weighted by molar-refractivity contribution is -0.385. The second-order valence-corrected chi connectivity index (χ2v) is 4.77. The minimum Gasteiger partial charge on any atom is -0.347 e. The Morgan fingerprint density at radius 1 is 1.62 bits per heavy atom. The number of pyridine rings is 1. The number of aromatic nitrogens is 3. The van der Waals surface area contributed by atoms with E-state index < -0.39 is 10.8 Å². The van der Waals surface area contributed by atoms with Gasteiger partial charge in [0.1, 0.15) is 16.9 Å². The van der Waals surface area contributed by atoms with Gasteiger partial charge in [0.05, 0.1) is 11.5 Å². The summed E-state index contributed by atoms with van der Waals surface area (Å²) >= 11 is 5.69. The Morgan fingerprint density at radius 3 is 3.00 bits per heavy atom. The average molecular weight is 310 g/mol. The van der Waals surface area contributed by atoms with Crippen LogP contribution in [0.1, 0.15) is 17.3 Å². The van der Waals surface area contributed by atoms with E-state index in [-0.39, 0.29) is 22.4 Å². The van der Waals surface area contributed by atoms with Gasteiger partial charge in [-0.3, -0.25) is 19.6 Å². The molecule has 21 heavy (non-hydrogen) atoms. The third kappa shape index (κ3) is 3.76. The Balaban J connectivity index is 2.12. The summed E-state index contributed by atoms with van der Waals surface area (Å²) in [5.74, 6) is -0.578. The van der Waals surface area contributed by atoms with Gasteiger partial charge in [-0.05, 0) is 19.1 Å². The third-order valence-corrected chi connectivity index (χ3v) is 2.90. The molecule has 1 N–H and O–H groups in total. The molecule has 0 fully saturated rings. The molecular formula is C12H12ClN5O3. The number of carbonyl (C=O) groups excluding carboxylic acids is 1. The second kappa shape index (κ2) is 6.31. The first-order valence-electron chi connectivity index (χ1n) is 6.05. The second-order valence-electron chi connectivity index (χ2n) is 4.38. The van der Waals surface area contributed by atoms with E-state index in [1.165, 1.54) is 6.07 Å². The first-order chi connectivity index (χ1) is 9.97. The molecule has 0 aliphatic carbocycles. The van der Waals surface area contributed by atoms with Gasteiger partial charge in [0.25, 0.3) is 11.6 Å². The third-order valence-electron chi connectivity index (χ3n) is 2.69. The molecule has 0 saturated carbocycles. The van der Waals surface area contributed by atoms with Crippen LogP contribution < -0.4 is 5.32 Å². The SMILES string of the molecule is CC(Cn1cccn1)NC(=O)c1cc(Cl)ncc1[N+](=O)[O-]. The number of amides is 1. The highest BCUT2D eigenvalue weighted by Gasteiger charge is 2.22. The van der Waals surface area contributed by atoms with Gasteiger partial charge in [-0.25, -0.2) is 4.98 Å². The number of nitrogens with one attached hydrogen (secondary N) is 1. The predicted octanol–water partition coefficient (Wildman–Crippen LogP) is 1.66. The quantitative estimate of drug-likeness (QED) is 0.514. The fourth-order valence-electron chi connectivity index (χ4n) is 1.79. The molecule has 2 aromatic heterocycles. The van der Waals surface area contributed by atoms with Crippen molar-refractivity contribution in [1.82, 2.24) is 20.1 Å². The largest absolute Gasteiger partial charge is 0.347 e. The normalized spacial score (nSPS) is 11.9. The Labute approximate surface area is 124 Å². The van der Waals surface area contributed by atoms with Crippen molar-refractivity contribution in [3.63, 3.8) is 0 Å². The molecule has 2 heterocycles. The molecular weight excluding hydrogens is 298 g/mol. The summed E-state index contributed by atoms with van der Waals surface area (Å²) in [6.45, 7) is 2.22. The van der Waals surface area contributed by atoms with Crippen LogP contribution in [0.2, 0.25) is 5.15 Å². The number of hydrogen-bond acceptors (Lipinski definition) is 5. The maximum Gasteiger partial charge on any atom is 0.300 e. The molecule has 8 nitrogen and oxygen atoms in total. The molecule has 0 aliphatic heterocycles. The smallest absolute Gasteiger partial charge is 0.300 e. The molecule has 0 aliphatic rings. The topological polar surface area (TPSA) is 103 Å². The Morgan fingerprint density at radius 2 is 2.38 bits per heavy atom. The van der Waals surface area contributed by atoms with E-state index in [0.29, 0.717) is 6.54 Å². The molecule has 1 atom stereocenters. The lowest BCUT2D eigenvalue weighted by atomic mass is 10.2. The van der Waals surface area contributed by atoms with Crippen molar-refractivity contribution in [2.24, 2.45) is 0 Å². The zero-order chi connectivity index (χ0) is 15.4. The van der Waals surface area contributed by atoms with Crippen molar-refractivity contribution < 1.29 is 9.72 Å². The van der Waals surface area contributed by atoms with Crippen molar-refractivity contribution in [2.75, 3.05) is 0 Å². The number of halogens is 1. The fourth-order valence-corrected chi connectivity index (χ4v) is 1.94. The van der Waals surface area contributed by atoms with E-state index in [2.05, 4.69) is 15.4 Å². The van der Waals surface area contributed by atoms with Gasteiger partial charge in [0.2, 0.25) is 0 Å². The summed E-state index contributed by atoms with van der Waals surface area (Å²) in [4.78, 5) is 26.0. The van der Waals surface area contributed by atoms with Gasteiger partial charge >= 0.3 is 0 Å². The van der Waals surface area contributed by atoms with Crippen LogP contribution in [-0.4, -0.2) is 31.6 Å². The number of nitrogens with zero attached hydrogens (tertiary/aromatic N) is 4.